The van der Waals surface area contributed by atoms with Gasteiger partial charge < -0.3 is 15.3 Å². The van der Waals surface area contributed by atoms with Gasteiger partial charge in [-0.25, -0.2) is 9.59 Å². The van der Waals surface area contributed by atoms with Crippen LogP contribution >= 0.6 is 0 Å². The van der Waals surface area contributed by atoms with Crippen molar-refractivity contribution in [3.8, 4) is 0 Å². The van der Waals surface area contributed by atoms with Gasteiger partial charge in [0.25, 0.3) is 0 Å². The summed E-state index contributed by atoms with van der Waals surface area (Å²) >= 11 is 0. The maximum absolute atomic E-state index is 12.5. The van der Waals surface area contributed by atoms with Crippen LogP contribution in [0.15, 0.2) is 0 Å². The van der Waals surface area contributed by atoms with Gasteiger partial charge in [0, 0.05) is 12.1 Å². The highest BCUT2D eigenvalue weighted by molar-refractivity contribution is 5.84. The number of amides is 2. The number of carbonyl (C=O) groups is 2. The number of rotatable bonds is 2. The Morgan fingerprint density at radius 1 is 1.10 bits per heavy atom. The summed E-state index contributed by atoms with van der Waals surface area (Å²) in [5.74, 6) is -0.901. The van der Waals surface area contributed by atoms with Crippen molar-refractivity contribution in [1.82, 2.24) is 10.2 Å². The van der Waals surface area contributed by atoms with Crippen molar-refractivity contribution in [3.05, 3.63) is 0 Å². The first-order valence-electron chi connectivity index (χ1n) is 7.57. The maximum Gasteiger partial charge on any atom is 0.327 e. The maximum atomic E-state index is 12.5. The first kappa shape index (κ1) is 15.1. The van der Waals surface area contributed by atoms with Crippen LogP contribution in [-0.2, 0) is 4.79 Å². The molecule has 1 atom stereocenters. The van der Waals surface area contributed by atoms with Crippen molar-refractivity contribution in [3.63, 3.8) is 0 Å². The molecule has 1 heterocycles. The second-order valence-electron chi connectivity index (χ2n) is 7.22. The van der Waals surface area contributed by atoms with E-state index >= 15 is 0 Å². The largest absolute Gasteiger partial charge is 0.480 e. The Morgan fingerprint density at radius 3 is 2.25 bits per heavy atom. The van der Waals surface area contributed by atoms with Crippen LogP contribution in [-0.4, -0.2) is 40.1 Å². The minimum atomic E-state index is -0.901. The molecule has 1 aliphatic heterocycles. The molecular formula is C15H26N2O3. The molecule has 114 valence electrons. The topological polar surface area (TPSA) is 69.6 Å². The molecule has 0 aromatic heterocycles. The molecule has 0 radical (unpaired) electrons. The van der Waals surface area contributed by atoms with E-state index in [1.807, 2.05) is 13.8 Å². The van der Waals surface area contributed by atoms with Gasteiger partial charge >= 0.3 is 12.0 Å². The van der Waals surface area contributed by atoms with E-state index in [1.54, 1.807) is 0 Å². The number of carboxylic acid groups (broad SMARTS) is 1. The number of hydrogen-bond donors (Lipinski definition) is 2. The summed E-state index contributed by atoms with van der Waals surface area (Å²) in [6.45, 7) is 6.45. The van der Waals surface area contributed by atoms with E-state index in [0.29, 0.717) is 6.54 Å². The number of urea groups is 1. The van der Waals surface area contributed by atoms with Gasteiger partial charge in [-0.05, 0) is 38.0 Å². The average Bonchev–Trinajstić information content (AvgIpc) is 2.73. The third-order valence-corrected chi connectivity index (χ3v) is 4.88. The Balaban J connectivity index is 2.12. The molecular weight excluding hydrogens is 256 g/mol. The number of piperidine rings is 1. The van der Waals surface area contributed by atoms with Crippen LogP contribution in [0.4, 0.5) is 4.79 Å². The Morgan fingerprint density at radius 2 is 1.70 bits per heavy atom. The zero-order valence-electron chi connectivity index (χ0n) is 12.7. The van der Waals surface area contributed by atoms with Crippen LogP contribution in [0.5, 0.6) is 0 Å². The van der Waals surface area contributed by atoms with E-state index in [9.17, 15) is 14.7 Å². The molecule has 5 nitrogen and oxygen atoms in total. The molecule has 0 aromatic rings. The van der Waals surface area contributed by atoms with Crippen LogP contribution in [0, 0.1) is 5.41 Å². The van der Waals surface area contributed by atoms with Gasteiger partial charge in [0.1, 0.15) is 6.04 Å². The first-order valence-corrected chi connectivity index (χ1v) is 7.57. The lowest BCUT2D eigenvalue weighted by Gasteiger charge is -2.44. The number of likely N-dealkylation sites (tertiary alicyclic amines) is 1. The lowest BCUT2D eigenvalue weighted by molar-refractivity contribution is -0.148. The van der Waals surface area contributed by atoms with Gasteiger partial charge in [-0.1, -0.05) is 26.7 Å². The fourth-order valence-electron chi connectivity index (χ4n) is 3.69. The quantitative estimate of drug-likeness (QED) is 0.818. The molecule has 0 aromatic carbocycles. The fourth-order valence-corrected chi connectivity index (χ4v) is 3.69. The molecule has 2 aliphatic rings. The Labute approximate surface area is 120 Å². The van der Waals surface area contributed by atoms with Crippen molar-refractivity contribution in [2.24, 2.45) is 5.41 Å². The summed E-state index contributed by atoms with van der Waals surface area (Å²) in [5.41, 5.74) is -0.542. The highest BCUT2D eigenvalue weighted by Crippen LogP contribution is 2.36. The molecule has 0 spiro atoms. The number of nitrogens with one attached hydrogen (secondary N) is 1. The summed E-state index contributed by atoms with van der Waals surface area (Å²) in [5, 5.41) is 12.6. The summed E-state index contributed by atoms with van der Waals surface area (Å²) in [4.78, 5) is 25.6. The number of nitrogens with zero attached hydrogens (tertiary/aromatic N) is 1. The van der Waals surface area contributed by atoms with Crippen molar-refractivity contribution < 1.29 is 14.7 Å². The van der Waals surface area contributed by atoms with Gasteiger partial charge in [-0.15, -0.1) is 0 Å². The molecule has 1 saturated carbocycles. The van der Waals surface area contributed by atoms with Crippen molar-refractivity contribution in [2.45, 2.75) is 70.9 Å². The Bertz CT molecular complexity index is 400. The van der Waals surface area contributed by atoms with E-state index < -0.39 is 12.0 Å². The lowest BCUT2D eigenvalue weighted by Crippen LogP contribution is -2.61. The van der Waals surface area contributed by atoms with Gasteiger partial charge in [0.15, 0.2) is 0 Å². The normalized spacial score (nSPS) is 28.1. The summed E-state index contributed by atoms with van der Waals surface area (Å²) in [6, 6.07) is -0.948. The second-order valence-corrected chi connectivity index (χ2v) is 7.22. The third kappa shape index (κ3) is 2.91. The highest BCUT2D eigenvalue weighted by atomic mass is 16.4. The van der Waals surface area contributed by atoms with E-state index in [0.717, 1.165) is 38.5 Å². The summed E-state index contributed by atoms with van der Waals surface area (Å²) < 4.78 is 0. The van der Waals surface area contributed by atoms with Crippen LogP contribution in [0.1, 0.15) is 59.3 Å². The molecule has 2 amide bonds. The number of carboxylic acids is 1. The number of aliphatic carboxylic acids is 1. The van der Waals surface area contributed by atoms with Gasteiger partial charge in [-0.3, -0.25) is 0 Å². The van der Waals surface area contributed by atoms with E-state index in [1.165, 1.54) is 4.90 Å². The number of hydrogen-bond acceptors (Lipinski definition) is 2. The molecule has 2 N–H and O–H groups in total. The monoisotopic (exact) mass is 282 g/mol. The van der Waals surface area contributed by atoms with E-state index in [2.05, 4.69) is 12.2 Å². The molecule has 2 fully saturated rings. The predicted molar refractivity (Wildman–Crippen MR) is 76.5 cm³/mol. The zero-order valence-corrected chi connectivity index (χ0v) is 12.7. The second kappa shape index (κ2) is 5.26. The number of carbonyl (C=O) groups excluding carboxylic acids is 1. The van der Waals surface area contributed by atoms with Crippen LogP contribution in [0.2, 0.25) is 0 Å². The van der Waals surface area contributed by atoms with Crippen molar-refractivity contribution in [2.75, 3.05) is 6.54 Å². The van der Waals surface area contributed by atoms with Crippen LogP contribution in [0.3, 0.4) is 0 Å². The Kier molecular flexibility index (Phi) is 3.98. The summed E-state index contributed by atoms with van der Waals surface area (Å²) in [7, 11) is 0. The smallest absolute Gasteiger partial charge is 0.327 e. The molecule has 2 rings (SSSR count). The molecule has 5 heteroatoms. The van der Waals surface area contributed by atoms with Gasteiger partial charge in [-0.2, -0.15) is 0 Å². The average molecular weight is 282 g/mol. The SMILES string of the molecule is CC1(NC(=O)N2CCCC(C)(C)C2C(=O)O)CCCC1. The molecule has 20 heavy (non-hydrogen) atoms. The van der Waals surface area contributed by atoms with Gasteiger partial charge in [0.05, 0.1) is 0 Å². The molecule has 1 saturated heterocycles. The first-order chi connectivity index (χ1) is 9.25. The standard InChI is InChI=1S/C15H26N2O3/c1-14(2)7-6-10-17(11(14)12(18)19)13(20)16-15(3)8-4-5-9-15/h11H,4-10H2,1-3H3,(H,16,20)(H,18,19). The van der Waals surface area contributed by atoms with Crippen LogP contribution < -0.4 is 5.32 Å². The van der Waals surface area contributed by atoms with Crippen molar-refractivity contribution >= 4 is 12.0 Å². The van der Waals surface area contributed by atoms with Gasteiger partial charge in [0.2, 0.25) is 0 Å². The van der Waals surface area contributed by atoms with E-state index in [-0.39, 0.29) is 17.0 Å². The van der Waals surface area contributed by atoms with Crippen molar-refractivity contribution in [1.29, 1.82) is 0 Å². The highest BCUT2D eigenvalue weighted by Gasteiger charge is 2.45. The molecule has 1 unspecified atom stereocenters. The predicted octanol–water partition coefficient (Wildman–Crippen LogP) is 2.60. The third-order valence-electron chi connectivity index (χ3n) is 4.88. The minimum Gasteiger partial charge on any atom is -0.480 e. The molecule has 1 aliphatic carbocycles. The minimum absolute atomic E-state index is 0.165. The Hall–Kier alpha value is -1.26. The summed E-state index contributed by atoms with van der Waals surface area (Å²) in [6.07, 6.45) is 5.92. The fraction of sp³-hybridized carbons (Fsp3) is 0.867. The van der Waals surface area contributed by atoms with E-state index in [4.69, 9.17) is 0 Å². The molecule has 0 bridgehead atoms. The zero-order chi connectivity index (χ0) is 15.0. The lowest BCUT2D eigenvalue weighted by atomic mass is 9.76. The van der Waals surface area contributed by atoms with Crippen LogP contribution in [0.25, 0.3) is 0 Å².